The highest BCUT2D eigenvalue weighted by Crippen LogP contribution is 2.22. The van der Waals surface area contributed by atoms with Gasteiger partial charge in [0.05, 0.1) is 17.3 Å². The van der Waals surface area contributed by atoms with Gasteiger partial charge < -0.3 is 5.32 Å². The van der Waals surface area contributed by atoms with Crippen LogP contribution in [0.4, 0.5) is 0 Å². The van der Waals surface area contributed by atoms with Gasteiger partial charge in [-0.2, -0.15) is 0 Å². The van der Waals surface area contributed by atoms with Gasteiger partial charge >= 0.3 is 0 Å². The summed E-state index contributed by atoms with van der Waals surface area (Å²) in [5, 5.41) is 4.51. The van der Waals surface area contributed by atoms with Crippen LogP contribution in [0, 0.1) is 0 Å². The van der Waals surface area contributed by atoms with Crippen molar-refractivity contribution in [2.75, 3.05) is 7.05 Å². The molecule has 2 heteroatoms. The summed E-state index contributed by atoms with van der Waals surface area (Å²) < 4.78 is 0. The first-order valence-electron chi connectivity index (χ1n) is 6.46. The van der Waals surface area contributed by atoms with Crippen molar-refractivity contribution in [1.82, 2.24) is 10.3 Å². The SMILES string of the molecule is CNC(c1ccccc1)c1ccc2ccccc2n1. The monoisotopic (exact) mass is 248 g/mol. The molecule has 1 aromatic heterocycles. The van der Waals surface area contributed by atoms with Crippen LogP contribution in [0.1, 0.15) is 17.3 Å². The molecule has 2 aromatic carbocycles. The largest absolute Gasteiger partial charge is 0.308 e. The van der Waals surface area contributed by atoms with E-state index in [4.69, 9.17) is 4.98 Å². The fourth-order valence-corrected chi connectivity index (χ4v) is 2.37. The second kappa shape index (κ2) is 5.21. The molecule has 1 atom stereocenters. The molecule has 0 aliphatic rings. The normalized spacial score (nSPS) is 12.5. The van der Waals surface area contributed by atoms with Crippen LogP contribution in [0.25, 0.3) is 10.9 Å². The minimum atomic E-state index is 0.130. The van der Waals surface area contributed by atoms with Crippen molar-refractivity contribution < 1.29 is 0 Å². The summed E-state index contributed by atoms with van der Waals surface area (Å²) in [6, 6.07) is 22.9. The summed E-state index contributed by atoms with van der Waals surface area (Å²) in [6.07, 6.45) is 0. The lowest BCUT2D eigenvalue weighted by molar-refractivity contribution is 0.674. The topological polar surface area (TPSA) is 24.9 Å². The molecular weight excluding hydrogens is 232 g/mol. The van der Waals surface area contributed by atoms with Crippen molar-refractivity contribution in [1.29, 1.82) is 0 Å². The lowest BCUT2D eigenvalue weighted by Crippen LogP contribution is -2.18. The molecule has 3 rings (SSSR count). The third-order valence-electron chi connectivity index (χ3n) is 3.34. The summed E-state index contributed by atoms with van der Waals surface area (Å²) in [5.41, 5.74) is 3.32. The number of hydrogen-bond acceptors (Lipinski definition) is 2. The third-order valence-corrected chi connectivity index (χ3v) is 3.34. The molecule has 0 aliphatic carbocycles. The van der Waals surface area contributed by atoms with Crippen molar-refractivity contribution in [3.05, 3.63) is 78.0 Å². The highest BCUT2D eigenvalue weighted by atomic mass is 14.9. The number of hydrogen-bond donors (Lipinski definition) is 1. The van der Waals surface area contributed by atoms with Gasteiger partial charge in [-0.1, -0.05) is 54.6 Å². The average Bonchev–Trinajstić information content (AvgIpc) is 2.49. The van der Waals surface area contributed by atoms with Gasteiger partial charge in [-0.05, 0) is 24.7 Å². The van der Waals surface area contributed by atoms with Crippen LogP contribution >= 0.6 is 0 Å². The van der Waals surface area contributed by atoms with Crippen molar-refractivity contribution in [3.8, 4) is 0 Å². The van der Waals surface area contributed by atoms with Gasteiger partial charge in [0.1, 0.15) is 0 Å². The Kier molecular flexibility index (Phi) is 3.25. The maximum absolute atomic E-state index is 4.76. The van der Waals surface area contributed by atoms with Gasteiger partial charge in [0.25, 0.3) is 0 Å². The zero-order valence-corrected chi connectivity index (χ0v) is 10.9. The molecule has 1 unspecified atom stereocenters. The second-order valence-corrected chi connectivity index (χ2v) is 4.56. The summed E-state index contributed by atoms with van der Waals surface area (Å²) >= 11 is 0. The molecule has 3 aromatic rings. The Morgan fingerprint density at radius 1 is 0.842 bits per heavy atom. The van der Waals surface area contributed by atoms with Crippen molar-refractivity contribution >= 4 is 10.9 Å². The molecule has 0 saturated carbocycles. The number of fused-ring (bicyclic) bond motifs is 1. The van der Waals surface area contributed by atoms with Gasteiger partial charge in [0.15, 0.2) is 0 Å². The molecule has 19 heavy (non-hydrogen) atoms. The zero-order valence-electron chi connectivity index (χ0n) is 10.9. The quantitative estimate of drug-likeness (QED) is 0.766. The summed E-state index contributed by atoms with van der Waals surface area (Å²) in [6.45, 7) is 0. The van der Waals surface area contributed by atoms with E-state index in [-0.39, 0.29) is 6.04 Å². The van der Waals surface area contributed by atoms with Crippen LogP contribution in [0.5, 0.6) is 0 Å². The van der Waals surface area contributed by atoms with E-state index in [2.05, 4.69) is 53.8 Å². The molecule has 0 aliphatic heterocycles. The Labute approximate surface area is 113 Å². The second-order valence-electron chi connectivity index (χ2n) is 4.56. The molecule has 0 bridgehead atoms. The molecule has 0 saturated heterocycles. The van der Waals surface area contributed by atoms with Gasteiger partial charge in [0, 0.05) is 5.39 Å². The standard InChI is InChI=1S/C17H16N2/c1-18-17(14-8-3-2-4-9-14)16-12-11-13-7-5-6-10-15(13)19-16/h2-12,17-18H,1H3. The molecule has 94 valence electrons. The minimum absolute atomic E-state index is 0.130. The van der Waals surface area contributed by atoms with Crippen LogP contribution in [0.3, 0.4) is 0 Å². The fraction of sp³-hybridized carbons (Fsp3) is 0.118. The number of pyridine rings is 1. The highest BCUT2D eigenvalue weighted by Gasteiger charge is 2.13. The van der Waals surface area contributed by atoms with Crippen molar-refractivity contribution in [2.45, 2.75) is 6.04 Å². The summed E-state index contributed by atoms with van der Waals surface area (Å²) in [4.78, 5) is 4.76. The lowest BCUT2D eigenvalue weighted by atomic mass is 10.0. The number of para-hydroxylation sites is 1. The molecule has 2 nitrogen and oxygen atoms in total. The Hall–Kier alpha value is -2.19. The van der Waals surface area contributed by atoms with Crippen LogP contribution in [-0.2, 0) is 0 Å². The van der Waals surface area contributed by atoms with Crippen LogP contribution in [0.2, 0.25) is 0 Å². The Bertz CT molecular complexity index is 677. The van der Waals surface area contributed by atoms with Gasteiger partial charge in [-0.25, -0.2) is 0 Å². The maximum atomic E-state index is 4.76. The van der Waals surface area contributed by atoms with E-state index in [0.717, 1.165) is 11.2 Å². The maximum Gasteiger partial charge on any atom is 0.0749 e. The Morgan fingerprint density at radius 3 is 2.37 bits per heavy atom. The van der Waals surface area contributed by atoms with Crippen LogP contribution < -0.4 is 5.32 Å². The van der Waals surface area contributed by atoms with Crippen LogP contribution in [-0.4, -0.2) is 12.0 Å². The predicted molar refractivity (Wildman–Crippen MR) is 79.1 cm³/mol. The first-order valence-corrected chi connectivity index (χ1v) is 6.46. The number of rotatable bonds is 3. The number of aromatic nitrogens is 1. The fourth-order valence-electron chi connectivity index (χ4n) is 2.37. The number of nitrogens with one attached hydrogen (secondary N) is 1. The van der Waals surface area contributed by atoms with E-state index in [1.54, 1.807) is 0 Å². The van der Waals surface area contributed by atoms with Crippen LogP contribution in [0.15, 0.2) is 66.7 Å². The number of nitrogens with zero attached hydrogens (tertiary/aromatic N) is 1. The molecule has 1 heterocycles. The Balaban J connectivity index is 2.06. The molecule has 0 radical (unpaired) electrons. The smallest absolute Gasteiger partial charge is 0.0749 e. The zero-order chi connectivity index (χ0) is 13.1. The summed E-state index contributed by atoms with van der Waals surface area (Å²) in [7, 11) is 1.97. The predicted octanol–water partition coefficient (Wildman–Crippen LogP) is 3.54. The first kappa shape index (κ1) is 11.9. The van der Waals surface area contributed by atoms with Gasteiger partial charge in [-0.15, -0.1) is 0 Å². The highest BCUT2D eigenvalue weighted by molar-refractivity contribution is 5.78. The molecule has 0 spiro atoms. The van der Waals surface area contributed by atoms with Gasteiger partial charge in [-0.3, -0.25) is 4.98 Å². The van der Waals surface area contributed by atoms with E-state index >= 15 is 0 Å². The van der Waals surface area contributed by atoms with Crippen molar-refractivity contribution in [3.63, 3.8) is 0 Å². The van der Waals surface area contributed by atoms with E-state index < -0.39 is 0 Å². The first-order chi connectivity index (χ1) is 9.38. The minimum Gasteiger partial charge on any atom is -0.308 e. The van der Waals surface area contributed by atoms with E-state index in [9.17, 15) is 0 Å². The molecule has 0 amide bonds. The molecular formula is C17H16N2. The molecule has 0 fully saturated rings. The number of benzene rings is 2. The van der Waals surface area contributed by atoms with Crippen molar-refractivity contribution in [2.24, 2.45) is 0 Å². The van der Waals surface area contributed by atoms with E-state index in [1.165, 1.54) is 10.9 Å². The van der Waals surface area contributed by atoms with Gasteiger partial charge in [0.2, 0.25) is 0 Å². The Morgan fingerprint density at radius 2 is 1.58 bits per heavy atom. The third kappa shape index (κ3) is 2.35. The van der Waals surface area contributed by atoms with E-state index in [1.807, 2.05) is 25.2 Å². The average molecular weight is 248 g/mol. The molecule has 1 N–H and O–H groups in total. The van der Waals surface area contributed by atoms with E-state index in [0.29, 0.717) is 0 Å². The summed E-state index contributed by atoms with van der Waals surface area (Å²) in [5.74, 6) is 0. The lowest BCUT2D eigenvalue weighted by Gasteiger charge is -2.16.